The van der Waals surface area contributed by atoms with E-state index in [1.54, 1.807) is 0 Å². The Balaban J connectivity index is 4.01. The Hall–Kier alpha value is -1.12. The summed E-state index contributed by atoms with van der Waals surface area (Å²) in [5.74, 6) is 0. The van der Waals surface area contributed by atoms with Gasteiger partial charge in [-0.3, -0.25) is 4.57 Å². The fraction of sp³-hybridized carbons (Fsp3) is 0.611. The summed E-state index contributed by atoms with van der Waals surface area (Å²) in [5.41, 5.74) is 2.40. The zero-order valence-corrected chi connectivity index (χ0v) is 15.7. The van der Waals surface area contributed by atoms with Crippen molar-refractivity contribution < 1.29 is 19.4 Å². The van der Waals surface area contributed by atoms with Gasteiger partial charge in [-0.15, -0.1) is 0 Å². The summed E-state index contributed by atoms with van der Waals surface area (Å²) in [6.45, 7) is 8.42. The molecule has 0 amide bonds. The van der Waals surface area contributed by atoms with Crippen molar-refractivity contribution in [2.75, 3.05) is 6.16 Å². The molecule has 0 aliphatic rings. The lowest BCUT2D eigenvalue weighted by atomic mass is 10.1. The summed E-state index contributed by atoms with van der Waals surface area (Å²) in [7, 11) is -4.00. The second kappa shape index (κ2) is 11.4. The number of rotatable bonds is 11. The molecule has 0 saturated heterocycles. The molecule has 4 nitrogen and oxygen atoms in total. The minimum absolute atomic E-state index is 0.157. The van der Waals surface area contributed by atoms with Crippen LogP contribution in [0.5, 0.6) is 0 Å². The first-order chi connectivity index (χ1) is 10.6. The summed E-state index contributed by atoms with van der Waals surface area (Å²) < 4.78 is 11.3. The van der Waals surface area contributed by atoms with E-state index >= 15 is 0 Å². The van der Waals surface area contributed by atoms with E-state index in [0.29, 0.717) is 12.8 Å². The largest absolute Gasteiger partial charge is 0.474 e. The van der Waals surface area contributed by atoms with Gasteiger partial charge in [0.2, 0.25) is 0 Å². The molecule has 132 valence electrons. The van der Waals surface area contributed by atoms with E-state index < -0.39 is 13.1 Å². The molecule has 0 spiro atoms. The standard InChI is InChI=1S/C18H31O4P/c1-15(2)9-7-11-17(4)13-8-12-16(3)10-5-6-14-23(21,22)18(19)20/h9-10,13H,5-8,11-12,14H2,1-4H3,(H,19,20)(H,21,22). The predicted octanol–water partition coefficient (Wildman–Crippen LogP) is 6.13. The van der Waals surface area contributed by atoms with Gasteiger partial charge in [-0.05, 0) is 66.2 Å². The molecular weight excluding hydrogens is 311 g/mol. The smallest absolute Gasteiger partial charge is 0.388 e. The molecule has 0 saturated carbocycles. The van der Waals surface area contributed by atoms with Crippen LogP contribution in [0, 0.1) is 0 Å². The van der Waals surface area contributed by atoms with Crippen LogP contribution in [0.2, 0.25) is 0 Å². The molecular formula is C18H31O4P. The van der Waals surface area contributed by atoms with Crippen molar-refractivity contribution >= 4 is 13.1 Å². The molecule has 0 fully saturated rings. The van der Waals surface area contributed by atoms with E-state index in [1.165, 1.54) is 16.7 Å². The number of unbranched alkanes of at least 4 members (excludes halogenated alkanes) is 1. The Morgan fingerprint density at radius 2 is 1.39 bits per heavy atom. The molecule has 0 aliphatic heterocycles. The Labute approximate surface area is 140 Å². The molecule has 0 radical (unpaired) electrons. The normalized spacial score (nSPS) is 15.2. The summed E-state index contributed by atoms with van der Waals surface area (Å²) in [6, 6.07) is 0. The molecule has 0 aliphatic carbocycles. The molecule has 0 heterocycles. The van der Waals surface area contributed by atoms with Crippen molar-refractivity contribution in [2.45, 2.75) is 66.2 Å². The van der Waals surface area contributed by atoms with Crippen molar-refractivity contribution in [3.63, 3.8) is 0 Å². The molecule has 0 aromatic rings. The van der Waals surface area contributed by atoms with Gasteiger partial charge in [0, 0.05) is 6.16 Å². The lowest BCUT2D eigenvalue weighted by molar-refractivity contribution is 0.215. The number of hydrogen-bond acceptors (Lipinski definition) is 2. The van der Waals surface area contributed by atoms with Gasteiger partial charge in [0.05, 0.1) is 0 Å². The Bertz CT molecular complexity index is 511. The molecule has 0 bridgehead atoms. The van der Waals surface area contributed by atoms with Crippen LogP contribution in [0.15, 0.2) is 34.9 Å². The zero-order valence-electron chi connectivity index (χ0n) is 14.8. The van der Waals surface area contributed by atoms with Gasteiger partial charge < -0.3 is 10.00 Å². The van der Waals surface area contributed by atoms with Gasteiger partial charge >= 0.3 is 13.1 Å². The molecule has 2 N–H and O–H groups in total. The molecule has 1 atom stereocenters. The summed E-state index contributed by atoms with van der Waals surface area (Å²) in [6.07, 6.45) is 11.6. The minimum atomic E-state index is -4.00. The molecule has 0 rings (SSSR count). The fourth-order valence-electron chi connectivity index (χ4n) is 2.09. The minimum Gasteiger partial charge on any atom is -0.474 e. The molecule has 0 aromatic heterocycles. The monoisotopic (exact) mass is 342 g/mol. The number of carboxylic acid groups (broad SMARTS) is 1. The van der Waals surface area contributed by atoms with Crippen LogP contribution >= 0.6 is 7.37 Å². The first-order valence-corrected chi connectivity index (χ1v) is 9.99. The Morgan fingerprint density at radius 3 is 1.87 bits per heavy atom. The third-order valence-electron chi connectivity index (χ3n) is 3.58. The SMILES string of the molecule is CC(C)=CCCC(C)=CCCC(C)=CCCCP(=O)(O)C(=O)O. The first-order valence-electron chi connectivity index (χ1n) is 8.15. The number of hydrogen-bond donors (Lipinski definition) is 2. The third kappa shape index (κ3) is 12.0. The molecule has 0 aromatic carbocycles. The van der Waals surface area contributed by atoms with Crippen LogP contribution in [0.1, 0.15) is 66.2 Å². The zero-order chi connectivity index (χ0) is 17.9. The average Bonchev–Trinajstić information content (AvgIpc) is 2.43. The lowest BCUT2D eigenvalue weighted by Crippen LogP contribution is -1.99. The topological polar surface area (TPSA) is 74.6 Å². The molecule has 23 heavy (non-hydrogen) atoms. The summed E-state index contributed by atoms with van der Waals surface area (Å²) >= 11 is 0. The Kier molecular flexibility index (Phi) is 10.9. The number of allylic oxidation sites excluding steroid dienone is 6. The van der Waals surface area contributed by atoms with Crippen LogP contribution in [0.25, 0.3) is 0 Å². The van der Waals surface area contributed by atoms with Gasteiger partial charge in [-0.25, -0.2) is 4.79 Å². The fourth-order valence-corrected chi connectivity index (χ4v) is 2.89. The van der Waals surface area contributed by atoms with Gasteiger partial charge in [0.15, 0.2) is 0 Å². The van der Waals surface area contributed by atoms with E-state index in [9.17, 15) is 14.3 Å². The van der Waals surface area contributed by atoms with E-state index in [4.69, 9.17) is 5.11 Å². The number of carbonyl (C=O) groups is 1. The van der Waals surface area contributed by atoms with Crippen molar-refractivity contribution in [3.05, 3.63) is 34.9 Å². The van der Waals surface area contributed by atoms with Crippen molar-refractivity contribution in [1.82, 2.24) is 0 Å². The van der Waals surface area contributed by atoms with Crippen LogP contribution < -0.4 is 0 Å². The van der Waals surface area contributed by atoms with Gasteiger partial charge in [-0.2, -0.15) is 0 Å². The van der Waals surface area contributed by atoms with E-state index in [1.807, 2.05) is 13.0 Å². The van der Waals surface area contributed by atoms with Crippen molar-refractivity contribution in [2.24, 2.45) is 0 Å². The van der Waals surface area contributed by atoms with Gasteiger partial charge in [0.25, 0.3) is 0 Å². The summed E-state index contributed by atoms with van der Waals surface area (Å²) in [4.78, 5) is 19.7. The third-order valence-corrected chi connectivity index (χ3v) is 5.10. The van der Waals surface area contributed by atoms with E-state index in [2.05, 4.69) is 32.9 Å². The predicted molar refractivity (Wildman–Crippen MR) is 97.4 cm³/mol. The van der Waals surface area contributed by atoms with E-state index in [-0.39, 0.29) is 6.16 Å². The second-order valence-corrected chi connectivity index (χ2v) is 8.54. The van der Waals surface area contributed by atoms with Gasteiger partial charge in [0.1, 0.15) is 0 Å². The first kappa shape index (κ1) is 21.9. The highest BCUT2D eigenvalue weighted by molar-refractivity contribution is 7.74. The van der Waals surface area contributed by atoms with Crippen LogP contribution in [-0.2, 0) is 4.57 Å². The summed E-state index contributed by atoms with van der Waals surface area (Å²) in [5, 5.41) is 8.57. The van der Waals surface area contributed by atoms with Crippen LogP contribution in [0.3, 0.4) is 0 Å². The maximum absolute atomic E-state index is 11.3. The lowest BCUT2D eigenvalue weighted by Gasteiger charge is -2.05. The molecule has 5 heteroatoms. The second-order valence-electron chi connectivity index (χ2n) is 6.31. The maximum atomic E-state index is 11.3. The highest BCUT2D eigenvalue weighted by atomic mass is 31.2. The van der Waals surface area contributed by atoms with Crippen molar-refractivity contribution in [3.8, 4) is 0 Å². The molecule has 1 unspecified atom stereocenters. The van der Waals surface area contributed by atoms with Crippen LogP contribution in [-0.4, -0.2) is 21.9 Å². The highest BCUT2D eigenvalue weighted by Crippen LogP contribution is 2.41. The van der Waals surface area contributed by atoms with Crippen molar-refractivity contribution in [1.29, 1.82) is 0 Å². The quantitative estimate of drug-likeness (QED) is 0.269. The highest BCUT2D eigenvalue weighted by Gasteiger charge is 2.26. The average molecular weight is 342 g/mol. The Morgan fingerprint density at radius 1 is 0.913 bits per heavy atom. The maximum Gasteiger partial charge on any atom is 0.388 e. The van der Waals surface area contributed by atoms with Crippen LogP contribution in [0.4, 0.5) is 4.79 Å². The van der Waals surface area contributed by atoms with Gasteiger partial charge in [-0.1, -0.05) is 34.9 Å². The van der Waals surface area contributed by atoms with E-state index in [0.717, 1.165) is 25.7 Å².